The Morgan fingerprint density at radius 2 is 1.96 bits per heavy atom. The fourth-order valence-electron chi connectivity index (χ4n) is 3.36. The van der Waals surface area contributed by atoms with Crippen molar-refractivity contribution in [2.75, 3.05) is 19.6 Å². The number of rotatable bonds is 6. The maximum Gasteiger partial charge on any atom is 0.267 e. The molecule has 3 heterocycles. The second kappa shape index (κ2) is 8.60. The predicted molar refractivity (Wildman–Crippen MR) is 101 cm³/mol. The summed E-state index contributed by atoms with van der Waals surface area (Å²) >= 11 is 1.15. The lowest BCUT2D eigenvalue weighted by Crippen LogP contribution is -2.41. The van der Waals surface area contributed by atoms with E-state index < -0.39 is 0 Å². The van der Waals surface area contributed by atoms with Gasteiger partial charge in [-0.1, -0.05) is 9.64 Å². The maximum atomic E-state index is 12.5. The summed E-state index contributed by atoms with van der Waals surface area (Å²) in [5, 5.41) is 10.8. The Kier molecular flexibility index (Phi) is 6.20. The van der Waals surface area contributed by atoms with Crippen LogP contribution in [-0.2, 0) is 11.2 Å². The van der Waals surface area contributed by atoms with Gasteiger partial charge < -0.3 is 14.7 Å². The average Bonchev–Trinajstić information content (AvgIpc) is 3.23. The van der Waals surface area contributed by atoms with E-state index in [9.17, 15) is 9.59 Å². The lowest BCUT2D eigenvalue weighted by atomic mass is 9.96. The molecule has 0 unspecified atom stereocenters. The van der Waals surface area contributed by atoms with Gasteiger partial charge in [0.05, 0.1) is 11.4 Å². The first-order valence-corrected chi connectivity index (χ1v) is 9.99. The van der Waals surface area contributed by atoms with Crippen LogP contribution >= 0.6 is 11.5 Å². The smallest absolute Gasteiger partial charge is 0.267 e. The van der Waals surface area contributed by atoms with Gasteiger partial charge in [0, 0.05) is 31.6 Å². The molecule has 0 bridgehead atoms. The second-order valence-corrected chi connectivity index (χ2v) is 7.78. The third-order valence-corrected chi connectivity index (χ3v) is 5.93. The number of hydrogen-bond acceptors (Lipinski definition) is 7. The van der Waals surface area contributed by atoms with Crippen LogP contribution in [0.2, 0.25) is 0 Å². The lowest BCUT2D eigenvalue weighted by molar-refractivity contribution is -0.121. The SMILES string of the molecule is Cc1nnsc1C(=O)N1CCC(CNC(=O)CCc2c(C)noc2C)CC1. The number of likely N-dealkylation sites (tertiary alicyclic amines) is 1. The van der Waals surface area contributed by atoms with E-state index in [-0.39, 0.29) is 11.8 Å². The summed E-state index contributed by atoms with van der Waals surface area (Å²) in [4.78, 5) is 27.1. The Labute approximate surface area is 162 Å². The summed E-state index contributed by atoms with van der Waals surface area (Å²) in [6.45, 7) is 7.63. The molecule has 2 amide bonds. The van der Waals surface area contributed by atoms with E-state index in [0.29, 0.717) is 49.0 Å². The monoisotopic (exact) mass is 391 g/mol. The second-order valence-electron chi connectivity index (χ2n) is 7.03. The molecule has 2 aromatic heterocycles. The molecule has 0 aliphatic carbocycles. The zero-order chi connectivity index (χ0) is 19.4. The fraction of sp³-hybridized carbons (Fsp3) is 0.611. The summed E-state index contributed by atoms with van der Waals surface area (Å²) in [5.41, 5.74) is 2.56. The highest BCUT2D eigenvalue weighted by Gasteiger charge is 2.26. The van der Waals surface area contributed by atoms with Crippen molar-refractivity contribution < 1.29 is 14.1 Å². The molecular weight excluding hydrogens is 366 g/mol. The molecule has 0 atom stereocenters. The van der Waals surface area contributed by atoms with Crippen LogP contribution in [0.4, 0.5) is 0 Å². The summed E-state index contributed by atoms with van der Waals surface area (Å²) < 4.78 is 8.96. The van der Waals surface area contributed by atoms with Gasteiger partial charge in [-0.2, -0.15) is 0 Å². The molecule has 0 spiro atoms. The number of piperidine rings is 1. The Bertz CT molecular complexity index is 788. The van der Waals surface area contributed by atoms with Crippen molar-refractivity contribution in [2.24, 2.45) is 5.92 Å². The minimum Gasteiger partial charge on any atom is -0.361 e. The molecule has 8 nitrogen and oxygen atoms in total. The number of hydrogen-bond donors (Lipinski definition) is 1. The lowest BCUT2D eigenvalue weighted by Gasteiger charge is -2.31. The zero-order valence-corrected chi connectivity index (χ0v) is 16.8. The largest absolute Gasteiger partial charge is 0.361 e. The standard InChI is InChI=1S/C18H25N5O3S/c1-11-15(13(3)26-21-11)4-5-16(24)19-10-14-6-8-23(9-7-14)18(25)17-12(2)20-22-27-17/h14H,4-10H2,1-3H3,(H,19,24). The van der Waals surface area contributed by atoms with Gasteiger partial charge in [-0.25, -0.2) is 0 Å². The Morgan fingerprint density at radius 1 is 1.22 bits per heavy atom. The zero-order valence-electron chi connectivity index (χ0n) is 15.9. The van der Waals surface area contributed by atoms with Gasteiger partial charge in [-0.3, -0.25) is 9.59 Å². The van der Waals surface area contributed by atoms with Crippen molar-refractivity contribution in [1.29, 1.82) is 0 Å². The molecule has 0 radical (unpaired) electrons. The molecule has 1 saturated heterocycles. The molecule has 1 N–H and O–H groups in total. The van der Waals surface area contributed by atoms with Crippen LogP contribution < -0.4 is 5.32 Å². The fourth-order valence-corrected chi connectivity index (χ4v) is 3.98. The van der Waals surface area contributed by atoms with Crippen LogP contribution in [0.1, 0.15) is 51.6 Å². The third-order valence-electron chi connectivity index (χ3n) is 5.12. The highest BCUT2D eigenvalue weighted by atomic mass is 32.1. The highest BCUT2D eigenvalue weighted by Crippen LogP contribution is 2.21. The Morgan fingerprint density at radius 3 is 2.56 bits per heavy atom. The number of carbonyl (C=O) groups is 2. The van der Waals surface area contributed by atoms with E-state index in [1.165, 1.54) is 0 Å². The molecule has 9 heteroatoms. The van der Waals surface area contributed by atoms with Gasteiger partial charge in [0.1, 0.15) is 10.6 Å². The number of amides is 2. The highest BCUT2D eigenvalue weighted by molar-refractivity contribution is 7.07. The number of aryl methyl sites for hydroxylation is 3. The van der Waals surface area contributed by atoms with Crippen molar-refractivity contribution in [1.82, 2.24) is 25.0 Å². The molecule has 0 saturated carbocycles. The predicted octanol–water partition coefficient (Wildman–Crippen LogP) is 2.05. The molecule has 146 valence electrons. The van der Waals surface area contributed by atoms with E-state index in [4.69, 9.17) is 4.52 Å². The van der Waals surface area contributed by atoms with E-state index in [1.54, 1.807) is 0 Å². The maximum absolute atomic E-state index is 12.5. The molecule has 1 aliphatic rings. The van der Waals surface area contributed by atoms with Crippen molar-refractivity contribution in [3.05, 3.63) is 27.6 Å². The topological polar surface area (TPSA) is 101 Å². The number of carbonyl (C=O) groups excluding carboxylic acids is 2. The van der Waals surface area contributed by atoms with Gasteiger partial charge in [-0.15, -0.1) is 5.10 Å². The number of nitrogens with one attached hydrogen (secondary N) is 1. The summed E-state index contributed by atoms with van der Waals surface area (Å²) in [7, 11) is 0. The van der Waals surface area contributed by atoms with Crippen molar-refractivity contribution in [2.45, 2.75) is 46.5 Å². The first kappa shape index (κ1) is 19.5. The first-order chi connectivity index (χ1) is 13.0. The summed E-state index contributed by atoms with van der Waals surface area (Å²) in [6.07, 6.45) is 2.85. The molecule has 1 fully saturated rings. The van der Waals surface area contributed by atoms with Gasteiger partial charge in [0.25, 0.3) is 5.91 Å². The normalized spacial score (nSPS) is 15.1. The van der Waals surface area contributed by atoms with Crippen molar-refractivity contribution >= 4 is 23.3 Å². The van der Waals surface area contributed by atoms with Crippen molar-refractivity contribution in [3.63, 3.8) is 0 Å². The quantitative estimate of drug-likeness (QED) is 0.809. The minimum absolute atomic E-state index is 0.0180. The van der Waals surface area contributed by atoms with Crippen LogP contribution in [0.3, 0.4) is 0 Å². The van der Waals surface area contributed by atoms with Crippen LogP contribution in [0.15, 0.2) is 4.52 Å². The van der Waals surface area contributed by atoms with E-state index >= 15 is 0 Å². The van der Waals surface area contributed by atoms with Gasteiger partial charge in [0.15, 0.2) is 0 Å². The summed E-state index contributed by atoms with van der Waals surface area (Å²) in [5.74, 6) is 1.24. The minimum atomic E-state index is 0.0180. The molecule has 2 aromatic rings. The van der Waals surface area contributed by atoms with Gasteiger partial charge in [0.2, 0.25) is 5.91 Å². The van der Waals surface area contributed by atoms with Crippen LogP contribution in [0, 0.1) is 26.7 Å². The number of nitrogens with zero attached hydrogens (tertiary/aromatic N) is 4. The van der Waals surface area contributed by atoms with Crippen LogP contribution in [0.5, 0.6) is 0 Å². The molecule has 3 rings (SSSR count). The first-order valence-electron chi connectivity index (χ1n) is 9.22. The van der Waals surface area contributed by atoms with Crippen LogP contribution in [0.25, 0.3) is 0 Å². The van der Waals surface area contributed by atoms with E-state index in [2.05, 4.69) is 20.1 Å². The molecule has 1 aliphatic heterocycles. The van der Waals surface area contributed by atoms with Crippen LogP contribution in [-0.4, -0.2) is 51.1 Å². The Hall–Kier alpha value is -2.29. The van der Waals surface area contributed by atoms with E-state index in [0.717, 1.165) is 41.4 Å². The van der Waals surface area contributed by atoms with Gasteiger partial charge in [-0.05, 0) is 57.5 Å². The molecular formula is C18H25N5O3S. The van der Waals surface area contributed by atoms with E-state index in [1.807, 2.05) is 25.7 Å². The van der Waals surface area contributed by atoms with Gasteiger partial charge >= 0.3 is 0 Å². The number of aromatic nitrogens is 3. The third kappa shape index (κ3) is 4.71. The van der Waals surface area contributed by atoms with Crippen molar-refractivity contribution in [3.8, 4) is 0 Å². The Balaban J connectivity index is 1.39. The summed E-state index contributed by atoms with van der Waals surface area (Å²) in [6, 6.07) is 0. The molecule has 0 aromatic carbocycles. The average molecular weight is 391 g/mol. The molecule has 27 heavy (non-hydrogen) atoms.